The average Bonchev–Trinajstić information content (AvgIpc) is 3.06. The lowest BCUT2D eigenvalue weighted by atomic mass is 9.69. The summed E-state index contributed by atoms with van der Waals surface area (Å²) in [5.74, 6) is -1.71. The first kappa shape index (κ1) is 22.0. The highest BCUT2D eigenvalue weighted by Crippen LogP contribution is 2.62. The molecule has 0 saturated heterocycles. The van der Waals surface area contributed by atoms with Crippen molar-refractivity contribution in [3.63, 3.8) is 0 Å². The molecule has 7 heteroatoms. The van der Waals surface area contributed by atoms with E-state index in [4.69, 9.17) is 9.47 Å². The van der Waals surface area contributed by atoms with E-state index in [1.54, 1.807) is 31.2 Å². The highest BCUT2D eigenvalue weighted by atomic mass is 16.5. The Morgan fingerprint density at radius 3 is 2.37 bits per heavy atom. The van der Waals surface area contributed by atoms with Gasteiger partial charge in [0.05, 0.1) is 24.0 Å². The van der Waals surface area contributed by atoms with E-state index in [1.165, 1.54) is 0 Å². The van der Waals surface area contributed by atoms with Crippen molar-refractivity contribution in [3.05, 3.63) is 29.8 Å². The third-order valence-corrected chi connectivity index (χ3v) is 6.89. The number of Topliss-reactive ketones (excluding diaryl/α,β-unsaturated/α-hetero) is 2. The number of esters is 2. The smallest absolute Gasteiger partial charge is 0.338 e. The van der Waals surface area contributed by atoms with Gasteiger partial charge in [0.1, 0.15) is 6.61 Å². The van der Waals surface area contributed by atoms with Gasteiger partial charge in [0, 0.05) is 25.2 Å². The second-order valence-electron chi connectivity index (χ2n) is 8.69. The number of carbonyl (C=O) groups excluding carboxylic acids is 4. The van der Waals surface area contributed by atoms with Gasteiger partial charge in [0.25, 0.3) is 0 Å². The summed E-state index contributed by atoms with van der Waals surface area (Å²) in [6.45, 7) is 6.32. The van der Waals surface area contributed by atoms with E-state index in [2.05, 4.69) is 0 Å². The number of nitrogens with zero attached hydrogens (tertiary/aromatic N) is 1. The van der Waals surface area contributed by atoms with Crippen LogP contribution in [0.25, 0.3) is 0 Å². The summed E-state index contributed by atoms with van der Waals surface area (Å²) in [5, 5.41) is 0. The molecule has 7 nitrogen and oxygen atoms in total. The third-order valence-electron chi connectivity index (χ3n) is 6.89. The second-order valence-corrected chi connectivity index (χ2v) is 8.69. The van der Waals surface area contributed by atoms with E-state index in [0.29, 0.717) is 31.6 Å². The molecule has 2 fully saturated rings. The largest absolute Gasteiger partial charge is 0.465 e. The van der Waals surface area contributed by atoms with Gasteiger partial charge in [-0.3, -0.25) is 14.4 Å². The average molecular weight is 415 g/mol. The van der Waals surface area contributed by atoms with Crippen molar-refractivity contribution in [3.8, 4) is 0 Å². The Kier molecular flexibility index (Phi) is 6.01. The fourth-order valence-electron chi connectivity index (χ4n) is 4.72. The first-order valence-electron chi connectivity index (χ1n) is 10.4. The SMILES string of the molecule is CCOC(=O)c1ccc(N(C)CCC(=O)OCC23CCC(C(=O)C2=O)C3(C)C)cc1. The number of ether oxygens (including phenoxy) is 2. The van der Waals surface area contributed by atoms with Crippen LogP contribution in [0.5, 0.6) is 0 Å². The minimum Gasteiger partial charge on any atom is -0.465 e. The highest BCUT2D eigenvalue weighted by molar-refractivity contribution is 6.43. The number of fused-ring (bicyclic) bond motifs is 2. The van der Waals surface area contributed by atoms with Gasteiger partial charge in [0.15, 0.2) is 0 Å². The molecule has 0 aromatic heterocycles. The molecule has 2 saturated carbocycles. The maximum atomic E-state index is 12.5. The van der Waals surface area contributed by atoms with Crippen molar-refractivity contribution >= 4 is 29.2 Å². The van der Waals surface area contributed by atoms with E-state index in [0.717, 1.165) is 5.69 Å². The van der Waals surface area contributed by atoms with Gasteiger partial charge in [-0.2, -0.15) is 0 Å². The zero-order valence-electron chi connectivity index (χ0n) is 18.0. The Morgan fingerprint density at radius 2 is 1.80 bits per heavy atom. The normalized spacial score (nSPS) is 24.1. The van der Waals surface area contributed by atoms with Gasteiger partial charge < -0.3 is 14.4 Å². The van der Waals surface area contributed by atoms with Gasteiger partial charge >= 0.3 is 11.9 Å². The van der Waals surface area contributed by atoms with Gasteiger partial charge in [0.2, 0.25) is 11.6 Å². The molecule has 0 radical (unpaired) electrons. The minimum atomic E-state index is -0.876. The number of rotatable bonds is 8. The Balaban J connectivity index is 1.52. The topological polar surface area (TPSA) is 90.0 Å². The molecule has 162 valence electrons. The first-order valence-corrected chi connectivity index (χ1v) is 10.4. The summed E-state index contributed by atoms with van der Waals surface area (Å²) < 4.78 is 10.4. The van der Waals surface area contributed by atoms with Gasteiger partial charge in [-0.05, 0) is 49.4 Å². The van der Waals surface area contributed by atoms with Crippen molar-refractivity contribution in [2.45, 2.75) is 40.0 Å². The lowest BCUT2D eigenvalue weighted by Crippen LogP contribution is -2.42. The van der Waals surface area contributed by atoms with E-state index in [9.17, 15) is 19.2 Å². The van der Waals surface area contributed by atoms with Crippen molar-refractivity contribution in [2.75, 3.05) is 31.7 Å². The van der Waals surface area contributed by atoms with Gasteiger partial charge in [-0.15, -0.1) is 0 Å². The molecule has 0 N–H and O–H groups in total. The Labute approximate surface area is 176 Å². The zero-order chi connectivity index (χ0) is 22.1. The Hall–Kier alpha value is -2.70. The molecular formula is C23H29NO6. The van der Waals surface area contributed by atoms with Crippen LogP contribution >= 0.6 is 0 Å². The van der Waals surface area contributed by atoms with Crippen LogP contribution in [0.2, 0.25) is 0 Å². The summed E-state index contributed by atoms with van der Waals surface area (Å²) in [6.07, 6.45) is 1.42. The molecule has 1 aromatic carbocycles. The van der Waals surface area contributed by atoms with Crippen LogP contribution in [0.3, 0.4) is 0 Å². The number of benzene rings is 1. The van der Waals surface area contributed by atoms with Crippen molar-refractivity contribution < 1.29 is 28.7 Å². The van der Waals surface area contributed by atoms with Crippen LogP contribution in [0, 0.1) is 16.7 Å². The number of carbonyl (C=O) groups is 4. The molecule has 0 aliphatic heterocycles. The summed E-state index contributed by atoms with van der Waals surface area (Å²) in [7, 11) is 1.84. The molecule has 1 aromatic rings. The molecule has 0 heterocycles. The molecule has 0 amide bonds. The first-order chi connectivity index (χ1) is 14.1. The van der Waals surface area contributed by atoms with Crippen molar-refractivity contribution in [1.82, 2.24) is 0 Å². The number of hydrogen-bond donors (Lipinski definition) is 0. The maximum absolute atomic E-state index is 12.5. The fraction of sp³-hybridized carbons (Fsp3) is 0.565. The third kappa shape index (κ3) is 3.61. The number of anilines is 1. The van der Waals surface area contributed by atoms with Crippen molar-refractivity contribution in [1.29, 1.82) is 0 Å². The predicted molar refractivity (Wildman–Crippen MR) is 110 cm³/mol. The van der Waals surface area contributed by atoms with Crippen LogP contribution in [0.1, 0.15) is 50.4 Å². The molecule has 2 aliphatic carbocycles. The number of ketones is 2. The molecule has 2 bridgehead atoms. The van der Waals surface area contributed by atoms with E-state index in [-0.39, 0.29) is 36.5 Å². The Bertz CT molecular complexity index is 859. The second kappa shape index (κ2) is 8.20. The molecule has 3 rings (SSSR count). The van der Waals surface area contributed by atoms with Crippen LogP contribution in [-0.2, 0) is 23.9 Å². The monoisotopic (exact) mass is 415 g/mol. The van der Waals surface area contributed by atoms with Gasteiger partial charge in [-0.1, -0.05) is 13.8 Å². The lowest BCUT2D eigenvalue weighted by molar-refractivity contribution is -0.154. The predicted octanol–water partition coefficient (Wildman–Crippen LogP) is 2.81. The van der Waals surface area contributed by atoms with E-state index in [1.807, 2.05) is 25.8 Å². The molecule has 2 aliphatic rings. The van der Waals surface area contributed by atoms with Crippen molar-refractivity contribution in [2.24, 2.45) is 16.7 Å². The number of hydrogen-bond acceptors (Lipinski definition) is 7. The summed E-state index contributed by atoms with van der Waals surface area (Å²) in [6, 6.07) is 6.95. The van der Waals surface area contributed by atoms with E-state index < -0.39 is 16.8 Å². The maximum Gasteiger partial charge on any atom is 0.338 e. The molecule has 2 unspecified atom stereocenters. The minimum absolute atomic E-state index is 0.0299. The molecule has 0 spiro atoms. The van der Waals surface area contributed by atoms with E-state index >= 15 is 0 Å². The van der Waals surface area contributed by atoms with Crippen LogP contribution in [0.15, 0.2) is 24.3 Å². The Morgan fingerprint density at radius 1 is 1.13 bits per heavy atom. The van der Waals surface area contributed by atoms with Crippen LogP contribution in [-0.4, -0.2) is 50.3 Å². The molecule has 30 heavy (non-hydrogen) atoms. The fourth-order valence-corrected chi connectivity index (χ4v) is 4.72. The lowest BCUT2D eigenvalue weighted by Gasteiger charge is -2.34. The summed E-state index contributed by atoms with van der Waals surface area (Å²) >= 11 is 0. The molecular weight excluding hydrogens is 386 g/mol. The van der Waals surface area contributed by atoms with Crippen LogP contribution in [0.4, 0.5) is 5.69 Å². The molecule has 2 atom stereocenters. The zero-order valence-corrected chi connectivity index (χ0v) is 18.0. The van der Waals surface area contributed by atoms with Gasteiger partial charge in [-0.25, -0.2) is 4.79 Å². The standard InChI is InChI=1S/C23H29NO6/c1-5-29-21(28)15-6-8-16(9-7-15)24(4)13-11-18(25)30-14-23-12-10-17(22(23,2)3)19(26)20(23)27/h6-9,17H,5,10-14H2,1-4H3. The highest BCUT2D eigenvalue weighted by Gasteiger charge is 2.69. The van der Waals surface area contributed by atoms with Crippen LogP contribution < -0.4 is 4.90 Å². The summed E-state index contributed by atoms with van der Waals surface area (Å²) in [5.41, 5.74) is -0.0234. The summed E-state index contributed by atoms with van der Waals surface area (Å²) in [4.78, 5) is 50.6. The quantitative estimate of drug-likeness (QED) is 0.476.